The van der Waals surface area contributed by atoms with Crippen LogP contribution in [0.15, 0.2) is 54.6 Å². The van der Waals surface area contributed by atoms with E-state index in [2.05, 4.69) is 15.6 Å². The Kier molecular flexibility index (Phi) is 9.78. The molecule has 0 unspecified atom stereocenters. The summed E-state index contributed by atoms with van der Waals surface area (Å²) in [5, 5.41) is 15.5. The van der Waals surface area contributed by atoms with Crippen molar-refractivity contribution in [2.75, 3.05) is 18.0 Å². The van der Waals surface area contributed by atoms with E-state index in [4.69, 9.17) is 0 Å². The lowest BCUT2D eigenvalue weighted by Gasteiger charge is -2.36. The van der Waals surface area contributed by atoms with Crippen molar-refractivity contribution < 1.29 is 37.1 Å². The number of carboxylic acid groups (broad SMARTS) is 1. The molecule has 0 bridgehead atoms. The number of benzene rings is 3. The number of pyridine rings is 1. The van der Waals surface area contributed by atoms with Gasteiger partial charge >= 0.3 is 5.97 Å². The summed E-state index contributed by atoms with van der Waals surface area (Å²) in [5.41, 5.74) is 2.40. The van der Waals surface area contributed by atoms with Gasteiger partial charge in [-0.2, -0.15) is 0 Å². The van der Waals surface area contributed by atoms with Gasteiger partial charge in [0.2, 0.25) is 5.91 Å². The zero-order chi connectivity index (χ0) is 34.0. The Morgan fingerprint density at radius 2 is 1.66 bits per heavy atom. The van der Waals surface area contributed by atoms with Crippen LogP contribution < -0.4 is 15.5 Å². The number of nitrogens with one attached hydrogen (secondary N) is 2. The number of hydrogen-bond donors (Lipinski definition) is 3. The van der Waals surface area contributed by atoms with Gasteiger partial charge in [0.1, 0.15) is 23.7 Å². The molecule has 2 atom stereocenters. The highest BCUT2D eigenvalue weighted by atomic mass is 19.2. The Hall–Kier alpha value is -5.00. The third-order valence-electron chi connectivity index (χ3n) is 8.22. The second kappa shape index (κ2) is 13.8. The minimum atomic E-state index is -1.51. The van der Waals surface area contributed by atoms with Gasteiger partial charge in [-0.15, -0.1) is 0 Å². The van der Waals surface area contributed by atoms with E-state index in [-0.39, 0.29) is 30.8 Å². The number of aromatic nitrogens is 1. The van der Waals surface area contributed by atoms with Crippen LogP contribution in [0.5, 0.6) is 0 Å². The molecule has 47 heavy (non-hydrogen) atoms. The van der Waals surface area contributed by atoms with Crippen LogP contribution in [0.25, 0.3) is 22.0 Å². The topological polar surface area (TPSA) is 112 Å². The third-order valence-corrected chi connectivity index (χ3v) is 8.22. The van der Waals surface area contributed by atoms with E-state index in [1.807, 2.05) is 17.0 Å². The molecular formula is C35H34F4N4O4. The minimum Gasteiger partial charge on any atom is -0.481 e. The lowest BCUT2D eigenvalue weighted by molar-refractivity contribution is -0.137. The molecule has 1 fully saturated rings. The number of carbonyl (C=O) groups is 3. The van der Waals surface area contributed by atoms with E-state index in [0.717, 1.165) is 17.1 Å². The third kappa shape index (κ3) is 7.37. The standard InChI is InChI=1S/C35H34F4N4O4/c1-4-5-27(41-35(47)28-9-7-20-6-8-24(14-29(20)40-28)43-16-23(37)17-43)34(46)42-30(15-31(44)45)25-12-21(13-26(38)33(25)39)32-18(2)10-22(36)11-19(32)3/h6-14,23,27,30H,4-5,15-17H2,1-3H3,(H,41,47)(H,42,46)(H,44,45)/t27-,30-/m0/s1. The van der Waals surface area contributed by atoms with E-state index in [1.54, 1.807) is 32.9 Å². The fourth-order valence-electron chi connectivity index (χ4n) is 5.91. The van der Waals surface area contributed by atoms with Crippen molar-refractivity contribution >= 4 is 34.4 Å². The average Bonchev–Trinajstić information content (AvgIpc) is 2.99. The van der Waals surface area contributed by atoms with E-state index in [9.17, 15) is 32.7 Å². The average molecular weight is 651 g/mol. The molecule has 0 saturated carbocycles. The summed E-state index contributed by atoms with van der Waals surface area (Å²) in [6.07, 6.45) is -1.08. The van der Waals surface area contributed by atoms with Gasteiger partial charge in [0.05, 0.1) is 31.1 Å². The zero-order valence-electron chi connectivity index (χ0n) is 26.0. The smallest absolute Gasteiger partial charge is 0.305 e. The van der Waals surface area contributed by atoms with Crippen LogP contribution in [0.1, 0.15) is 59.4 Å². The number of aliphatic carboxylic acids is 1. The Morgan fingerprint density at radius 1 is 0.979 bits per heavy atom. The van der Waals surface area contributed by atoms with E-state index in [1.165, 1.54) is 24.3 Å². The number of anilines is 1. The van der Waals surface area contributed by atoms with Crippen molar-refractivity contribution in [3.63, 3.8) is 0 Å². The lowest BCUT2D eigenvalue weighted by atomic mass is 9.91. The first-order valence-electron chi connectivity index (χ1n) is 15.2. The molecule has 1 aliphatic rings. The summed E-state index contributed by atoms with van der Waals surface area (Å²) in [4.78, 5) is 44.9. The maximum absolute atomic E-state index is 15.3. The molecule has 1 aromatic heterocycles. The van der Waals surface area contributed by atoms with Crippen LogP contribution in [-0.2, 0) is 9.59 Å². The molecule has 246 valence electrons. The Balaban J connectivity index is 1.40. The number of nitrogens with zero attached hydrogens (tertiary/aromatic N) is 2. The SMILES string of the molecule is CCC[C@H](NC(=O)c1ccc2ccc(N3CC(F)C3)cc2n1)C(=O)N[C@@H](CC(=O)O)c1cc(-c2c(C)cc(F)cc2C)cc(F)c1F. The van der Waals surface area contributed by atoms with Crippen molar-refractivity contribution in [3.05, 3.63) is 94.4 Å². The number of alkyl halides is 1. The molecule has 4 aromatic rings. The molecular weight excluding hydrogens is 616 g/mol. The summed E-state index contributed by atoms with van der Waals surface area (Å²) >= 11 is 0. The predicted molar refractivity (Wildman–Crippen MR) is 169 cm³/mol. The monoisotopic (exact) mass is 650 g/mol. The zero-order valence-corrected chi connectivity index (χ0v) is 26.0. The molecule has 8 nitrogen and oxygen atoms in total. The van der Waals surface area contributed by atoms with Crippen LogP contribution in [0.4, 0.5) is 23.2 Å². The maximum Gasteiger partial charge on any atom is 0.305 e. The van der Waals surface area contributed by atoms with Gasteiger partial charge in [0, 0.05) is 16.6 Å². The molecule has 3 N–H and O–H groups in total. The van der Waals surface area contributed by atoms with Gasteiger partial charge in [-0.1, -0.05) is 25.5 Å². The van der Waals surface area contributed by atoms with Gasteiger partial charge < -0.3 is 20.6 Å². The molecule has 0 spiro atoms. The molecule has 0 radical (unpaired) electrons. The Labute approximate surface area is 268 Å². The van der Waals surface area contributed by atoms with Crippen LogP contribution in [0.2, 0.25) is 0 Å². The number of fused-ring (bicyclic) bond motifs is 1. The summed E-state index contributed by atoms with van der Waals surface area (Å²) in [7, 11) is 0. The first-order valence-corrected chi connectivity index (χ1v) is 15.2. The normalized spacial score (nSPS) is 14.4. The van der Waals surface area contributed by atoms with Crippen molar-refractivity contribution in [1.29, 1.82) is 0 Å². The molecule has 1 saturated heterocycles. The molecule has 5 rings (SSSR count). The Morgan fingerprint density at radius 3 is 2.30 bits per heavy atom. The molecule has 2 amide bonds. The second-order valence-electron chi connectivity index (χ2n) is 11.8. The van der Waals surface area contributed by atoms with Crippen molar-refractivity contribution in [2.45, 2.75) is 58.3 Å². The van der Waals surface area contributed by atoms with Crippen LogP contribution in [-0.4, -0.2) is 53.2 Å². The molecule has 2 heterocycles. The first kappa shape index (κ1) is 33.4. The van der Waals surface area contributed by atoms with Gasteiger partial charge in [-0.3, -0.25) is 14.4 Å². The van der Waals surface area contributed by atoms with Crippen molar-refractivity contribution in [2.24, 2.45) is 0 Å². The van der Waals surface area contributed by atoms with Gasteiger partial charge in [0.25, 0.3) is 5.91 Å². The largest absolute Gasteiger partial charge is 0.481 e. The van der Waals surface area contributed by atoms with Crippen LogP contribution >= 0.6 is 0 Å². The van der Waals surface area contributed by atoms with E-state index < -0.39 is 65.5 Å². The number of amides is 2. The van der Waals surface area contributed by atoms with E-state index in [0.29, 0.717) is 28.6 Å². The highest BCUT2D eigenvalue weighted by molar-refractivity contribution is 5.98. The summed E-state index contributed by atoms with van der Waals surface area (Å²) in [6.45, 7) is 5.54. The molecule has 12 heteroatoms. The van der Waals surface area contributed by atoms with Crippen molar-refractivity contribution in [1.82, 2.24) is 15.6 Å². The Bertz CT molecular complexity index is 1840. The molecule has 1 aliphatic heterocycles. The number of aryl methyl sites for hydroxylation is 2. The minimum absolute atomic E-state index is 0.0171. The highest BCUT2D eigenvalue weighted by Gasteiger charge is 2.30. The van der Waals surface area contributed by atoms with Gasteiger partial charge in [-0.25, -0.2) is 22.5 Å². The number of rotatable bonds is 11. The summed E-state index contributed by atoms with van der Waals surface area (Å²) < 4.78 is 57.6. The van der Waals surface area contributed by atoms with Crippen molar-refractivity contribution in [3.8, 4) is 11.1 Å². The quantitative estimate of drug-likeness (QED) is 0.164. The molecule has 3 aromatic carbocycles. The number of halogens is 4. The number of carboxylic acids is 1. The summed E-state index contributed by atoms with van der Waals surface area (Å²) in [5.74, 6) is -5.96. The second-order valence-corrected chi connectivity index (χ2v) is 11.8. The maximum atomic E-state index is 15.3. The van der Waals surface area contributed by atoms with Crippen LogP contribution in [0, 0.1) is 31.3 Å². The van der Waals surface area contributed by atoms with E-state index >= 15 is 4.39 Å². The van der Waals surface area contributed by atoms with Gasteiger partial charge in [0.15, 0.2) is 11.6 Å². The number of carbonyl (C=O) groups excluding carboxylic acids is 2. The first-order chi connectivity index (χ1) is 22.3. The fourth-order valence-corrected chi connectivity index (χ4v) is 5.91. The van der Waals surface area contributed by atoms with Gasteiger partial charge in [-0.05, 0) is 85.0 Å². The highest BCUT2D eigenvalue weighted by Crippen LogP contribution is 2.34. The summed E-state index contributed by atoms with van der Waals surface area (Å²) in [6, 6.07) is 10.6. The lowest BCUT2D eigenvalue weighted by Crippen LogP contribution is -2.48. The fraction of sp³-hybridized carbons (Fsp3) is 0.314. The predicted octanol–water partition coefficient (Wildman–Crippen LogP) is 6.32. The molecule has 0 aliphatic carbocycles. The van der Waals surface area contributed by atoms with Crippen LogP contribution in [0.3, 0.4) is 0 Å². The number of hydrogen-bond acceptors (Lipinski definition) is 5.